The van der Waals surface area contributed by atoms with E-state index in [1.807, 2.05) is 24.4 Å². The fourth-order valence-corrected chi connectivity index (χ4v) is 1.39. The van der Waals surface area contributed by atoms with Crippen LogP contribution in [0.3, 0.4) is 0 Å². The summed E-state index contributed by atoms with van der Waals surface area (Å²) in [6, 6.07) is 4.08. The summed E-state index contributed by atoms with van der Waals surface area (Å²) in [6.45, 7) is 0. The molecule has 0 saturated carbocycles. The molecule has 11 heavy (non-hydrogen) atoms. The van der Waals surface area contributed by atoms with E-state index in [4.69, 9.17) is 4.84 Å². The molecule has 0 spiro atoms. The number of nitrogens with one attached hydrogen (secondary N) is 2. The van der Waals surface area contributed by atoms with Gasteiger partial charge in [-0.3, -0.25) is 0 Å². The maximum absolute atomic E-state index is 5.13. The fourth-order valence-electron chi connectivity index (χ4n) is 1.39. The van der Waals surface area contributed by atoms with Crippen molar-refractivity contribution in [2.75, 3.05) is 0 Å². The average molecular weight is 146 g/mol. The molecule has 54 valence electrons. The van der Waals surface area contributed by atoms with Crippen molar-refractivity contribution in [1.82, 2.24) is 10.5 Å². The van der Waals surface area contributed by atoms with Crippen molar-refractivity contribution in [3.05, 3.63) is 35.5 Å². The third kappa shape index (κ3) is 0.526. The molecule has 0 aliphatic carbocycles. The van der Waals surface area contributed by atoms with Gasteiger partial charge >= 0.3 is 0 Å². The second kappa shape index (κ2) is 1.50. The number of hydrogen-bond donors (Lipinski definition) is 2. The number of H-pyrrole nitrogens is 1. The fraction of sp³-hybridized carbons (Fsp3) is 0. The molecule has 2 bridgehead atoms. The molecule has 2 aliphatic rings. The van der Waals surface area contributed by atoms with Crippen molar-refractivity contribution in [3.63, 3.8) is 0 Å². The second-order valence-electron chi connectivity index (χ2n) is 2.61. The molecule has 0 aromatic carbocycles. The van der Waals surface area contributed by atoms with Crippen LogP contribution in [0.5, 0.6) is 0 Å². The number of fused-ring (bicyclic) bond motifs is 4. The SMILES string of the molecule is C1=C2ONC=C2c2ccc1[nH]2. The lowest BCUT2D eigenvalue weighted by Crippen LogP contribution is -1.97. The predicted molar refractivity (Wildman–Crippen MR) is 41.0 cm³/mol. The molecule has 3 heteroatoms. The van der Waals surface area contributed by atoms with E-state index in [9.17, 15) is 0 Å². The van der Waals surface area contributed by atoms with Gasteiger partial charge < -0.3 is 9.82 Å². The Morgan fingerprint density at radius 1 is 1.27 bits per heavy atom. The molecule has 0 amide bonds. The van der Waals surface area contributed by atoms with Crippen LogP contribution >= 0.6 is 0 Å². The lowest BCUT2D eigenvalue weighted by Gasteiger charge is -2.04. The van der Waals surface area contributed by atoms with Crippen LogP contribution in [0.1, 0.15) is 11.4 Å². The summed E-state index contributed by atoms with van der Waals surface area (Å²) in [6.07, 6.45) is 3.82. The Hall–Kier alpha value is -1.64. The van der Waals surface area contributed by atoms with Gasteiger partial charge in [0.25, 0.3) is 0 Å². The van der Waals surface area contributed by atoms with Crippen LogP contribution in [-0.2, 0) is 4.84 Å². The van der Waals surface area contributed by atoms with Gasteiger partial charge in [0.15, 0.2) is 5.76 Å². The van der Waals surface area contributed by atoms with Gasteiger partial charge in [-0.1, -0.05) is 0 Å². The Balaban J connectivity index is 2.33. The average Bonchev–Trinajstić information content (AvgIpc) is 2.58. The highest BCUT2D eigenvalue weighted by molar-refractivity contribution is 5.85. The van der Waals surface area contributed by atoms with Gasteiger partial charge in [-0.05, 0) is 12.1 Å². The van der Waals surface area contributed by atoms with Gasteiger partial charge in [0.05, 0.1) is 11.3 Å². The Morgan fingerprint density at radius 3 is 3.27 bits per heavy atom. The monoisotopic (exact) mass is 146 g/mol. The van der Waals surface area contributed by atoms with Crippen molar-refractivity contribution in [3.8, 4) is 0 Å². The molecule has 2 aliphatic heterocycles. The van der Waals surface area contributed by atoms with E-state index >= 15 is 0 Å². The molecule has 0 atom stereocenters. The van der Waals surface area contributed by atoms with Crippen LogP contribution in [-0.4, -0.2) is 4.98 Å². The zero-order chi connectivity index (χ0) is 7.26. The molecule has 3 rings (SSSR count). The van der Waals surface area contributed by atoms with Gasteiger partial charge in [0, 0.05) is 18.0 Å². The van der Waals surface area contributed by atoms with Crippen molar-refractivity contribution >= 4 is 11.6 Å². The molecular formula is C8H6N2O. The van der Waals surface area contributed by atoms with E-state index in [0.717, 1.165) is 22.7 Å². The number of allylic oxidation sites excluding steroid dienone is 1. The predicted octanol–water partition coefficient (Wildman–Crippen LogP) is 1.24. The Labute approximate surface area is 63.3 Å². The lowest BCUT2D eigenvalue weighted by molar-refractivity contribution is 0.174. The van der Waals surface area contributed by atoms with Crippen LogP contribution < -0.4 is 5.48 Å². The van der Waals surface area contributed by atoms with Crippen molar-refractivity contribution in [2.45, 2.75) is 0 Å². The summed E-state index contributed by atoms with van der Waals surface area (Å²) >= 11 is 0. The highest BCUT2D eigenvalue weighted by Crippen LogP contribution is 2.31. The number of rotatable bonds is 0. The smallest absolute Gasteiger partial charge is 0.167 e. The van der Waals surface area contributed by atoms with E-state index in [1.165, 1.54) is 0 Å². The zero-order valence-electron chi connectivity index (χ0n) is 5.72. The molecule has 1 aromatic rings. The quantitative estimate of drug-likeness (QED) is 0.577. The molecule has 0 radical (unpaired) electrons. The number of aromatic nitrogens is 1. The van der Waals surface area contributed by atoms with E-state index in [1.54, 1.807) is 0 Å². The van der Waals surface area contributed by atoms with Crippen molar-refractivity contribution < 1.29 is 4.84 Å². The minimum atomic E-state index is 0.902. The van der Waals surface area contributed by atoms with Crippen LogP contribution in [0.25, 0.3) is 11.6 Å². The molecule has 3 nitrogen and oxygen atoms in total. The molecule has 0 unspecified atom stereocenters. The first kappa shape index (κ1) is 5.07. The summed E-state index contributed by atoms with van der Waals surface area (Å²) < 4.78 is 0. The van der Waals surface area contributed by atoms with Gasteiger partial charge in [-0.2, -0.15) is 0 Å². The van der Waals surface area contributed by atoms with Crippen molar-refractivity contribution in [2.24, 2.45) is 0 Å². The lowest BCUT2D eigenvalue weighted by atomic mass is 10.1. The zero-order valence-corrected chi connectivity index (χ0v) is 5.72. The highest BCUT2D eigenvalue weighted by Gasteiger charge is 2.20. The van der Waals surface area contributed by atoms with Gasteiger partial charge in [0.1, 0.15) is 0 Å². The first-order valence-electron chi connectivity index (χ1n) is 3.47. The minimum absolute atomic E-state index is 0.902. The third-order valence-corrected chi connectivity index (χ3v) is 1.92. The normalized spacial score (nSPS) is 17.8. The summed E-state index contributed by atoms with van der Waals surface area (Å²) in [7, 11) is 0. The topological polar surface area (TPSA) is 37.0 Å². The van der Waals surface area contributed by atoms with Gasteiger partial charge in [-0.15, -0.1) is 0 Å². The first-order chi connectivity index (χ1) is 5.43. The standard InChI is InChI=1S/C8H6N2O/c1-2-7-6-4-9-11-8(6)3-5(1)10-7/h1-4,9-10H. The Kier molecular flexibility index (Phi) is 0.692. The highest BCUT2D eigenvalue weighted by atomic mass is 16.7. The number of hydroxylamine groups is 1. The van der Waals surface area contributed by atoms with Crippen LogP contribution in [0.2, 0.25) is 0 Å². The second-order valence-corrected chi connectivity index (χ2v) is 2.61. The molecular weight excluding hydrogens is 140 g/mol. The molecule has 2 N–H and O–H groups in total. The Morgan fingerprint density at radius 2 is 2.27 bits per heavy atom. The van der Waals surface area contributed by atoms with Crippen LogP contribution in [0.15, 0.2) is 24.1 Å². The minimum Gasteiger partial charge on any atom is -0.382 e. The van der Waals surface area contributed by atoms with Crippen LogP contribution in [0, 0.1) is 0 Å². The number of aromatic amines is 1. The maximum Gasteiger partial charge on any atom is 0.167 e. The summed E-state index contributed by atoms with van der Waals surface area (Å²) in [4.78, 5) is 8.35. The maximum atomic E-state index is 5.13. The van der Waals surface area contributed by atoms with E-state index in [2.05, 4.69) is 10.5 Å². The molecule has 3 heterocycles. The molecule has 0 fully saturated rings. The van der Waals surface area contributed by atoms with Crippen LogP contribution in [0.4, 0.5) is 0 Å². The first-order valence-corrected chi connectivity index (χ1v) is 3.47. The summed E-state index contributed by atoms with van der Waals surface area (Å²) in [5.74, 6) is 0.902. The molecule has 0 saturated heterocycles. The summed E-state index contributed by atoms with van der Waals surface area (Å²) in [5, 5.41) is 0. The van der Waals surface area contributed by atoms with E-state index in [-0.39, 0.29) is 0 Å². The van der Waals surface area contributed by atoms with Gasteiger partial charge in [0.2, 0.25) is 0 Å². The third-order valence-electron chi connectivity index (χ3n) is 1.92. The molecule has 1 aromatic heterocycles. The van der Waals surface area contributed by atoms with E-state index < -0.39 is 0 Å². The van der Waals surface area contributed by atoms with Crippen molar-refractivity contribution in [1.29, 1.82) is 0 Å². The largest absolute Gasteiger partial charge is 0.382 e. The van der Waals surface area contributed by atoms with Gasteiger partial charge in [-0.25, -0.2) is 5.48 Å². The summed E-state index contributed by atoms with van der Waals surface area (Å²) in [5.41, 5.74) is 6.02. The van der Waals surface area contributed by atoms with E-state index in [0.29, 0.717) is 0 Å². The Bertz CT molecular complexity index is 373. The number of hydrogen-bond acceptors (Lipinski definition) is 2.